The fraction of sp³-hybridized carbons (Fsp3) is 0. The average molecular weight is 181 g/mol. The van der Waals surface area contributed by atoms with Gasteiger partial charge < -0.3 is 10.3 Å². The highest BCUT2D eigenvalue weighted by Crippen LogP contribution is 2.25. The van der Waals surface area contributed by atoms with Crippen molar-refractivity contribution in [2.45, 2.75) is 4.90 Å². The topological polar surface area (TPSA) is 73.5 Å². The number of nitrogens with zero attached hydrogens (tertiary/aromatic N) is 1. The third-order valence-electron chi connectivity index (χ3n) is 1.50. The van der Waals surface area contributed by atoms with Crippen LogP contribution in [0.25, 0.3) is 0 Å². The fourth-order valence-electron chi connectivity index (χ4n) is 1.01. The summed E-state index contributed by atoms with van der Waals surface area (Å²) in [6, 6.07) is 7.18. The van der Waals surface area contributed by atoms with Gasteiger partial charge in [-0.15, -0.1) is 0 Å². The number of hydrogen-bond donors (Lipinski definition) is 2. The van der Waals surface area contributed by atoms with Gasteiger partial charge in [-0.1, -0.05) is 12.1 Å². The number of nitrogens with two attached hydrogens (primary N) is 1. The van der Waals surface area contributed by atoms with Crippen LogP contribution in [-0.4, -0.2) is 10.5 Å². The zero-order valence-corrected chi connectivity index (χ0v) is 6.97. The van der Waals surface area contributed by atoms with Crippen molar-refractivity contribution in [3.8, 4) is 0 Å². The number of guanidine groups is 1. The van der Waals surface area contributed by atoms with E-state index in [2.05, 4.69) is 9.71 Å². The van der Waals surface area contributed by atoms with E-state index in [0.29, 0.717) is 10.6 Å². The standard InChI is InChI=1S/C7H7N3OS/c8-7-9-5-3-1-2-4-6(5)12(11)10-7/h1-4H,(H3,8,9,10). The van der Waals surface area contributed by atoms with Crippen molar-refractivity contribution in [3.63, 3.8) is 0 Å². The summed E-state index contributed by atoms with van der Waals surface area (Å²) in [6.07, 6.45) is 0. The molecule has 3 N–H and O–H groups in total. The molecule has 0 spiro atoms. The molecule has 5 heteroatoms. The van der Waals surface area contributed by atoms with Crippen molar-refractivity contribution in [2.24, 2.45) is 10.7 Å². The molecule has 0 fully saturated rings. The Morgan fingerprint density at radius 1 is 1.42 bits per heavy atom. The Labute approximate surface area is 72.8 Å². The van der Waals surface area contributed by atoms with Crippen LogP contribution in [0.3, 0.4) is 0 Å². The van der Waals surface area contributed by atoms with Gasteiger partial charge in [0.2, 0.25) is 10.9 Å². The van der Waals surface area contributed by atoms with Crippen LogP contribution in [0, 0.1) is 0 Å². The number of benzene rings is 1. The summed E-state index contributed by atoms with van der Waals surface area (Å²) in [7, 11) is 0. The first-order chi connectivity index (χ1) is 5.77. The molecule has 62 valence electrons. The predicted molar refractivity (Wildman–Crippen MR) is 47.3 cm³/mol. The lowest BCUT2D eigenvalue weighted by Gasteiger charge is -2.16. The van der Waals surface area contributed by atoms with Gasteiger partial charge in [0.1, 0.15) is 17.0 Å². The predicted octanol–water partition coefficient (Wildman–Crippen LogP) is 0.259. The molecule has 0 amide bonds. The Hall–Kier alpha value is -1.20. The van der Waals surface area contributed by atoms with Gasteiger partial charge in [-0.3, -0.25) is 0 Å². The highest BCUT2D eigenvalue weighted by molar-refractivity contribution is 7.90. The van der Waals surface area contributed by atoms with Crippen molar-refractivity contribution >= 4 is 23.0 Å². The summed E-state index contributed by atoms with van der Waals surface area (Å²) in [6.45, 7) is 0. The minimum Gasteiger partial charge on any atom is -0.588 e. The maximum absolute atomic E-state index is 11.3. The average Bonchev–Trinajstić information content (AvgIpc) is 2.04. The Morgan fingerprint density at radius 2 is 2.17 bits per heavy atom. The number of para-hydroxylation sites is 1. The molecule has 0 saturated carbocycles. The van der Waals surface area contributed by atoms with Crippen LogP contribution in [0.1, 0.15) is 0 Å². The van der Waals surface area contributed by atoms with Crippen molar-refractivity contribution in [3.05, 3.63) is 24.3 Å². The molecule has 0 aromatic heterocycles. The van der Waals surface area contributed by atoms with Crippen LogP contribution in [-0.2, 0) is 11.4 Å². The number of rotatable bonds is 0. The molecule has 1 aliphatic heterocycles. The third kappa shape index (κ3) is 1.13. The molecule has 0 bridgehead atoms. The quantitative estimate of drug-likeness (QED) is 0.564. The second-order valence-corrected chi connectivity index (χ2v) is 3.52. The summed E-state index contributed by atoms with van der Waals surface area (Å²) in [4.78, 5) is 4.66. The van der Waals surface area contributed by atoms with Gasteiger partial charge in [-0.05, 0) is 12.1 Å². The lowest BCUT2D eigenvalue weighted by molar-refractivity contribution is 0.590. The van der Waals surface area contributed by atoms with Gasteiger partial charge in [0.05, 0.1) is 0 Å². The Morgan fingerprint density at radius 3 is 3.00 bits per heavy atom. The zero-order chi connectivity index (χ0) is 8.55. The van der Waals surface area contributed by atoms with E-state index in [4.69, 9.17) is 5.73 Å². The molecule has 1 atom stereocenters. The second kappa shape index (κ2) is 2.69. The van der Waals surface area contributed by atoms with E-state index in [0.717, 1.165) is 0 Å². The Balaban J connectivity index is 2.55. The largest absolute Gasteiger partial charge is 0.588 e. The summed E-state index contributed by atoms with van der Waals surface area (Å²) in [5.41, 5.74) is 6.06. The maximum atomic E-state index is 11.3. The minimum absolute atomic E-state index is 0.201. The zero-order valence-electron chi connectivity index (χ0n) is 6.15. The summed E-state index contributed by atoms with van der Waals surface area (Å²) in [5.74, 6) is 0.201. The van der Waals surface area contributed by atoms with Crippen LogP contribution >= 0.6 is 0 Å². The van der Waals surface area contributed by atoms with Crippen LogP contribution in [0.15, 0.2) is 34.2 Å². The smallest absolute Gasteiger partial charge is 0.236 e. The highest BCUT2D eigenvalue weighted by atomic mass is 32.2. The molecule has 1 aliphatic rings. The minimum atomic E-state index is -1.25. The van der Waals surface area contributed by atoms with Gasteiger partial charge in [0.15, 0.2) is 0 Å². The fourth-order valence-corrected chi connectivity index (χ4v) is 1.86. The number of aliphatic imine (C=N–C) groups is 1. The van der Waals surface area contributed by atoms with E-state index in [1.807, 2.05) is 12.1 Å². The van der Waals surface area contributed by atoms with Gasteiger partial charge in [-0.2, -0.15) is 4.72 Å². The normalized spacial score (nSPS) is 20.8. The second-order valence-electron chi connectivity index (χ2n) is 2.34. The van der Waals surface area contributed by atoms with Crippen molar-refractivity contribution in [1.29, 1.82) is 0 Å². The molecule has 0 aliphatic carbocycles. The van der Waals surface area contributed by atoms with E-state index < -0.39 is 11.4 Å². The van der Waals surface area contributed by atoms with Gasteiger partial charge in [0, 0.05) is 0 Å². The molecule has 0 saturated heterocycles. The first-order valence-corrected chi connectivity index (χ1v) is 4.54. The van der Waals surface area contributed by atoms with Gasteiger partial charge in [-0.25, -0.2) is 4.99 Å². The molecule has 4 nitrogen and oxygen atoms in total. The maximum Gasteiger partial charge on any atom is 0.236 e. The molecule has 1 aromatic rings. The van der Waals surface area contributed by atoms with Gasteiger partial charge >= 0.3 is 0 Å². The molecule has 2 rings (SSSR count). The Bertz CT molecular complexity index is 339. The third-order valence-corrected chi connectivity index (χ3v) is 2.64. The first-order valence-electron chi connectivity index (χ1n) is 3.39. The van der Waals surface area contributed by atoms with Crippen LogP contribution in [0.5, 0.6) is 0 Å². The molecule has 1 unspecified atom stereocenters. The van der Waals surface area contributed by atoms with E-state index in [1.165, 1.54) is 0 Å². The lowest BCUT2D eigenvalue weighted by atomic mass is 10.3. The molecule has 1 heterocycles. The van der Waals surface area contributed by atoms with Crippen molar-refractivity contribution in [1.82, 2.24) is 4.72 Å². The Kier molecular flexibility index (Phi) is 1.67. The first kappa shape index (κ1) is 7.45. The lowest BCUT2D eigenvalue weighted by Crippen LogP contribution is -2.38. The van der Waals surface area contributed by atoms with Crippen molar-refractivity contribution in [2.75, 3.05) is 0 Å². The number of hydrogen-bond acceptors (Lipinski definition) is 4. The molecule has 1 aromatic carbocycles. The van der Waals surface area contributed by atoms with E-state index >= 15 is 0 Å². The SMILES string of the molecule is NC1=Nc2ccccc2[S+]([O-])N1. The van der Waals surface area contributed by atoms with Gasteiger partial charge in [0.25, 0.3) is 0 Å². The number of nitrogens with one attached hydrogen (secondary N) is 1. The molecule has 12 heavy (non-hydrogen) atoms. The van der Waals surface area contributed by atoms with E-state index in [9.17, 15) is 4.55 Å². The summed E-state index contributed by atoms with van der Waals surface area (Å²) in [5, 5.41) is 0. The number of fused-ring (bicyclic) bond motifs is 1. The van der Waals surface area contributed by atoms with Crippen LogP contribution in [0.4, 0.5) is 5.69 Å². The molecular formula is C7H7N3OS. The summed E-state index contributed by atoms with van der Waals surface area (Å²) < 4.78 is 13.9. The molecule has 0 radical (unpaired) electrons. The molecular weight excluding hydrogens is 174 g/mol. The highest BCUT2D eigenvalue weighted by Gasteiger charge is 2.21. The van der Waals surface area contributed by atoms with E-state index in [1.54, 1.807) is 12.1 Å². The van der Waals surface area contributed by atoms with E-state index in [-0.39, 0.29) is 5.96 Å². The van der Waals surface area contributed by atoms with Crippen LogP contribution < -0.4 is 10.5 Å². The van der Waals surface area contributed by atoms with Crippen molar-refractivity contribution < 1.29 is 4.55 Å². The van der Waals surface area contributed by atoms with Crippen LogP contribution in [0.2, 0.25) is 0 Å². The summed E-state index contributed by atoms with van der Waals surface area (Å²) >= 11 is -1.25. The monoisotopic (exact) mass is 181 g/mol.